The minimum absolute atomic E-state index is 0.0322. The van der Waals surface area contributed by atoms with Crippen molar-refractivity contribution in [1.82, 2.24) is 5.32 Å². The fourth-order valence-electron chi connectivity index (χ4n) is 3.13. The summed E-state index contributed by atoms with van der Waals surface area (Å²) in [5.74, 6) is 3.06. The molecule has 1 aliphatic rings. The number of amides is 1. The van der Waals surface area contributed by atoms with Crippen molar-refractivity contribution < 1.29 is 14.8 Å². The maximum atomic E-state index is 12.3. The van der Waals surface area contributed by atoms with Gasteiger partial charge >= 0.3 is 0 Å². The lowest BCUT2D eigenvalue weighted by Crippen LogP contribution is -3.16. The van der Waals surface area contributed by atoms with Gasteiger partial charge in [0.15, 0.2) is 6.54 Å². The van der Waals surface area contributed by atoms with Crippen molar-refractivity contribution >= 4 is 11.6 Å². The predicted molar refractivity (Wildman–Crippen MR) is 96.2 cm³/mol. The van der Waals surface area contributed by atoms with Gasteiger partial charge in [-0.3, -0.25) is 4.79 Å². The van der Waals surface area contributed by atoms with Gasteiger partial charge < -0.3 is 20.2 Å². The lowest BCUT2D eigenvalue weighted by molar-refractivity contribution is -0.892. The lowest BCUT2D eigenvalue weighted by Gasteiger charge is -2.34. The number of carbonyl (C=O) groups is 1. The number of hydrogen-bond acceptors (Lipinski definition) is 3. The van der Waals surface area contributed by atoms with E-state index in [9.17, 15) is 9.90 Å². The number of nitrogens with zero attached hydrogens (tertiary/aromatic N) is 1. The first kappa shape index (κ1) is 18.2. The van der Waals surface area contributed by atoms with E-state index >= 15 is 0 Å². The molecule has 0 atom stereocenters. The van der Waals surface area contributed by atoms with E-state index in [-0.39, 0.29) is 11.7 Å². The van der Waals surface area contributed by atoms with E-state index in [1.807, 2.05) is 26.0 Å². The Bertz CT molecular complexity index is 580. The molecule has 1 aliphatic heterocycles. The van der Waals surface area contributed by atoms with Crippen LogP contribution in [0.1, 0.15) is 26.7 Å². The summed E-state index contributed by atoms with van der Waals surface area (Å²) in [5.41, 5.74) is 0.601. The van der Waals surface area contributed by atoms with E-state index < -0.39 is 5.54 Å². The Morgan fingerprint density at radius 1 is 1.29 bits per heavy atom. The van der Waals surface area contributed by atoms with E-state index in [0.717, 1.165) is 44.7 Å². The Hall–Kier alpha value is -2.19. The molecule has 0 aromatic heterocycles. The van der Waals surface area contributed by atoms with Crippen LogP contribution in [0.3, 0.4) is 0 Å². The molecule has 0 saturated carbocycles. The molecule has 1 amide bonds. The van der Waals surface area contributed by atoms with Crippen LogP contribution in [0.25, 0.3) is 0 Å². The molecule has 0 radical (unpaired) electrons. The Morgan fingerprint density at radius 2 is 1.88 bits per heavy atom. The van der Waals surface area contributed by atoms with Gasteiger partial charge in [-0.05, 0) is 37.1 Å². The highest BCUT2D eigenvalue weighted by Gasteiger charge is 2.28. The fraction of sp³-hybridized carbons (Fsp3) is 0.526. The first-order chi connectivity index (χ1) is 11.5. The molecule has 0 bridgehead atoms. The quantitative estimate of drug-likeness (QED) is 0.662. The summed E-state index contributed by atoms with van der Waals surface area (Å²) < 4.78 is 0. The molecule has 5 nitrogen and oxygen atoms in total. The highest BCUT2D eigenvalue weighted by molar-refractivity contribution is 5.78. The summed E-state index contributed by atoms with van der Waals surface area (Å²) in [6.45, 7) is 8.10. The lowest BCUT2D eigenvalue weighted by atomic mass is 9.94. The Kier molecular flexibility index (Phi) is 6.10. The molecule has 0 unspecified atom stereocenters. The predicted octanol–water partition coefficient (Wildman–Crippen LogP) is 0.405. The number of phenolic OH excluding ortho intramolecular Hbond substituents is 1. The summed E-state index contributed by atoms with van der Waals surface area (Å²) in [4.78, 5) is 15.9. The van der Waals surface area contributed by atoms with Gasteiger partial charge in [0.1, 0.15) is 11.3 Å². The van der Waals surface area contributed by atoms with Gasteiger partial charge in [0, 0.05) is 5.69 Å². The van der Waals surface area contributed by atoms with E-state index in [0.29, 0.717) is 6.54 Å². The van der Waals surface area contributed by atoms with Crippen LogP contribution < -0.4 is 15.1 Å². The second kappa shape index (κ2) is 8.07. The van der Waals surface area contributed by atoms with E-state index in [1.165, 1.54) is 4.90 Å². The SMILES string of the molecule is C#CC(CC)(CC)NC(=O)C[NH+]1CCN(c2ccc(O)cc2)CC1. The normalized spacial score (nSPS) is 15.8. The second-order valence-corrected chi connectivity index (χ2v) is 6.41. The highest BCUT2D eigenvalue weighted by Crippen LogP contribution is 2.18. The largest absolute Gasteiger partial charge is 0.508 e. The Balaban J connectivity index is 1.83. The van der Waals surface area contributed by atoms with E-state index in [1.54, 1.807) is 12.1 Å². The minimum Gasteiger partial charge on any atom is -0.508 e. The van der Waals surface area contributed by atoms with E-state index in [2.05, 4.69) is 16.1 Å². The van der Waals surface area contributed by atoms with Gasteiger partial charge in [-0.2, -0.15) is 0 Å². The van der Waals surface area contributed by atoms with Crippen LogP contribution in [0.5, 0.6) is 5.75 Å². The molecule has 24 heavy (non-hydrogen) atoms. The van der Waals surface area contributed by atoms with Gasteiger partial charge in [-0.1, -0.05) is 19.8 Å². The van der Waals surface area contributed by atoms with E-state index in [4.69, 9.17) is 6.42 Å². The van der Waals surface area contributed by atoms with Crippen LogP contribution in [0.4, 0.5) is 5.69 Å². The van der Waals surface area contributed by atoms with Crippen molar-refractivity contribution in [2.24, 2.45) is 0 Å². The van der Waals surface area contributed by atoms with Crippen molar-refractivity contribution in [3.8, 4) is 18.1 Å². The van der Waals surface area contributed by atoms with Crippen LogP contribution in [0, 0.1) is 12.3 Å². The summed E-state index contributed by atoms with van der Waals surface area (Å²) in [7, 11) is 0. The van der Waals surface area contributed by atoms with Crippen LogP contribution in [-0.4, -0.2) is 49.3 Å². The highest BCUT2D eigenvalue weighted by atomic mass is 16.3. The summed E-state index contributed by atoms with van der Waals surface area (Å²) in [6, 6.07) is 7.27. The summed E-state index contributed by atoms with van der Waals surface area (Å²) in [5, 5.41) is 12.4. The topological polar surface area (TPSA) is 57.0 Å². The number of aromatic hydroxyl groups is 1. The molecular formula is C19H28N3O2+. The molecule has 1 saturated heterocycles. The van der Waals surface area contributed by atoms with Crippen LogP contribution in [0.15, 0.2) is 24.3 Å². The number of hydrogen-bond donors (Lipinski definition) is 3. The van der Waals surface area contributed by atoms with Crippen LogP contribution >= 0.6 is 0 Å². The zero-order valence-electron chi connectivity index (χ0n) is 14.6. The summed E-state index contributed by atoms with van der Waals surface area (Å²) >= 11 is 0. The molecule has 5 heteroatoms. The minimum atomic E-state index is -0.510. The number of nitrogens with one attached hydrogen (secondary N) is 2. The van der Waals surface area contributed by atoms with Gasteiger partial charge in [0.25, 0.3) is 5.91 Å². The van der Waals surface area contributed by atoms with Crippen molar-refractivity contribution in [1.29, 1.82) is 0 Å². The average molecular weight is 330 g/mol. The standard InChI is InChI=1S/C19H27N3O2/c1-4-19(5-2,6-3)20-18(24)15-21-11-13-22(14-12-21)16-7-9-17(23)10-8-16/h1,7-10,23H,5-6,11-15H2,2-3H3,(H,20,24)/p+1. The Morgan fingerprint density at radius 3 is 2.38 bits per heavy atom. The second-order valence-electron chi connectivity index (χ2n) is 6.41. The number of benzene rings is 1. The zero-order chi connectivity index (χ0) is 17.6. The zero-order valence-corrected chi connectivity index (χ0v) is 14.6. The third-order valence-electron chi connectivity index (χ3n) is 4.96. The van der Waals surface area contributed by atoms with Crippen molar-refractivity contribution in [2.75, 3.05) is 37.6 Å². The molecule has 2 rings (SSSR count). The molecule has 130 valence electrons. The number of anilines is 1. The number of rotatable bonds is 6. The smallest absolute Gasteiger partial charge is 0.276 e. The number of carbonyl (C=O) groups excluding carboxylic acids is 1. The molecule has 3 N–H and O–H groups in total. The van der Waals surface area contributed by atoms with Gasteiger partial charge in [0.05, 0.1) is 26.2 Å². The van der Waals surface area contributed by atoms with Gasteiger partial charge in [-0.25, -0.2) is 0 Å². The molecule has 0 aliphatic carbocycles. The Labute approximate surface area is 144 Å². The molecule has 1 aromatic carbocycles. The third-order valence-corrected chi connectivity index (χ3v) is 4.96. The van der Waals surface area contributed by atoms with Gasteiger partial charge in [-0.15, -0.1) is 6.42 Å². The van der Waals surface area contributed by atoms with Crippen molar-refractivity contribution in [3.63, 3.8) is 0 Å². The summed E-state index contributed by atoms with van der Waals surface area (Å²) in [6.07, 6.45) is 7.10. The first-order valence-electron chi connectivity index (χ1n) is 8.68. The number of phenols is 1. The molecule has 0 spiro atoms. The van der Waals surface area contributed by atoms with Crippen molar-refractivity contribution in [2.45, 2.75) is 32.2 Å². The molecule has 1 fully saturated rings. The first-order valence-corrected chi connectivity index (χ1v) is 8.68. The maximum absolute atomic E-state index is 12.3. The van der Waals surface area contributed by atoms with Gasteiger partial charge in [0.2, 0.25) is 0 Å². The molecule has 1 heterocycles. The van der Waals surface area contributed by atoms with Crippen molar-refractivity contribution in [3.05, 3.63) is 24.3 Å². The van der Waals surface area contributed by atoms with Crippen LogP contribution in [0.2, 0.25) is 0 Å². The third kappa shape index (κ3) is 4.42. The average Bonchev–Trinajstić information content (AvgIpc) is 2.61. The monoisotopic (exact) mass is 330 g/mol. The fourth-order valence-corrected chi connectivity index (χ4v) is 3.13. The maximum Gasteiger partial charge on any atom is 0.276 e. The molecule has 1 aromatic rings. The number of terminal acetylenes is 1. The number of piperazine rings is 1. The van der Waals surface area contributed by atoms with Crippen LogP contribution in [-0.2, 0) is 4.79 Å². The number of quaternary nitrogens is 1. The molecular weight excluding hydrogens is 302 g/mol.